The van der Waals surface area contributed by atoms with Crippen LogP contribution in [0.2, 0.25) is 0 Å². The van der Waals surface area contributed by atoms with Crippen LogP contribution in [0.15, 0.2) is 18.3 Å². The number of amides is 2. The summed E-state index contributed by atoms with van der Waals surface area (Å²) >= 11 is 0. The molecule has 0 aromatic carbocycles. The molecule has 0 spiro atoms. The molecule has 0 radical (unpaired) electrons. The van der Waals surface area contributed by atoms with Gasteiger partial charge >= 0.3 is 6.03 Å². The fourth-order valence-corrected chi connectivity index (χ4v) is 2.47. The molecule has 0 unspecified atom stereocenters. The van der Waals surface area contributed by atoms with Gasteiger partial charge in [0, 0.05) is 12.6 Å². The first-order valence-corrected chi connectivity index (χ1v) is 7.00. The lowest BCUT2D eigenvalue weighted by molar-refractivity contribution is 0.238. The lowest BCUT2D eigenvalue weighted by Gasteiger charge is -2.27. The Labute approximate surface area is 114 Å². The Morgan fingerprint density at radius 2 is 2.16 bits per heavy atom. The van der Waals surface area contributed by atoms with Crippen molar-refractivity contribution in [1.29, 1.82) is 0 Å². The van der Waals surface area contributed by atoms with Crippen LogP contribution in [0.25, 0.3) is 0 Å². The molecule has 104 valence electrons. The van der Waals surface area contributed by atoms with E-state index in [0.717, 1.165) is 12.8 Å². The lowest BCUT2D eigenvalue weighted by atomic mass is 9.96. The molecule has 1 heterocycles. The predicted molar refractivity (Wildman–Crippen MR) is 77.1 cm³/mol. The van der Waals surface area contributed by atoms with Gasteiger partial charge in [-0.2, -0.15) is 0 Å². The SMILES string of the molecule is CCN(C(=O)NC1CCCCC1)c1ccc(N)cn1. The number of nitrogens with two attached hydrogens (primary N) is 1. The van der Waals surface area contributed by atoms with E-state index in [0.29, 0.717) is 24.1 Å². The molecule has 5 nitrogen and oxygen atoms in total. The van der Waals surface area contributed by atoms with Gasteiger partial charge in [-0.1, -0.05) is 19.3 Å². The minimum absolute atomic E-state index is 0.0633. The molecular formula is C14H22N4O. The number of nitrogens with one attached hydrogen (secondary N) is 1. The molecule has 0 aliphatic heterocycles. The van der Waals surface area contributed by atoms with Gasteiger partial charge in [0.05, 0.1) is 11.9 Å². The highest BCUT2D eigenvalue weighted by Gasteiger charge is 2.20. The Morgan fingerprint density at radius 1 is 1.42 bits per heavy atom. The number of urea groups is 1. The maximum absolute atomic E-state index is 12.3. The highest BCUT2D eigenvalue weighted by Crippen LogP contribution is 2.18. The molecule has 19 heavy (non-hydrogen) atoms. The minimum Gasteiger partial charge on any atom is -0.397 e. The van der Waals surface area contributed by atoms with Gasteiger partial charge in [-0.15, -0.1) is 0 Å². The Kier molecular flexibility index (Phi) is 4.60. The van der Waals surface area contributed by atoms with Crippen molar-refractivity contribution in [1.82, 2.24) is 10.3 Å². The second kappa shape index (κ2) is 6.41. The highest BCUT2D eigenvalue weighted by atomic mass is 16.2. The van der Waals surface area contributed by atoms with Crippen LogP contribution in [0.3, 0.4) is 0 Å². The lowest BCUT2D eigenvalue weighted by Crippen LogP contribution is -2.45. The predicted octanol–water partition coefficient (Wildman–Crippen LogP) is 2.53. The van der Waals surface area contributed by atoms with Gasteiger partial charge < -0.3 is 11.1 Å². The van der Waals surface area contributed by atoms with Crippen LogP contribution < -0.4 is 16.0 Å². The van der Waals surface area contributed by atoms with E-state index in [1.54, 1.807) is 23.2 Å². The first-order chi connectivity index (χ1) is 9.20. The third-order valence-electron chi connectivity index (χ3n) is 3.54. The number of rotatable bonds is 3. The Morgan fingerprint density at radius 3 is 2.74 bits per heavy atom. The number of hydrogen-bond acceptors (Lipinski definition) is 3. The summed E-state index contributed by atoms with van der Waals surface area (Å²) in [5.41, 5.74) is 6.22. The molecule has 2 amide bonds. The van der Waals surface area contributed by atoms with Crippen molar-refractivity contribution in [3.05, 3.63) is 18.3 Å². The molecule has 0 saturated heterocycles. The van der Waals surface area contributed by atoms with Crippen LogP contribution in [-0.4, -0.2) is 23.6 Å². The average molecular weight is 262 g/mol. The van der Waals surface area contributed by atoms with Gasteiger partial charge in [0.1, 0.15) is 5.82 Å². The topological polar surface area (TPSA) is 71.2 Å². The van der Waals surface area contributed by atoms with Crippen LogP contribution >= 0.6 is 0 Å². The van der Waals surface area contributed by atoms with E-state index >= 15 is 0 Å². The second-order valence-electron chi connectivity index (χ2n) is 4.98. The Hall–Kier alpha value is -1.78. The summed E-state index contributed by atoms with van der Waals surface area (Å²) in [4.78, 5) is 18.1. The summed E-state index contributed by atoms with van der Waals surface area (Å²) in [7, 11) is 0. The molecule has 1 aliphatic rings. The number of carbonyl (C=O) groups excluding carboxylic acids is 1. The van der Waals surface area contributed by atoms with Gasteiger partial charge in [-0.3, -0.25) is 4.90 Å². The van der Waals surface area contributed by atoms with E-state index in [-0.39, 0.29) is 6.03 Å². The first-order valence-electron chi connectivity index (χ1n) is 7.00. The van der Waals surface area contributed by atoms with Crippen LogP contribution in [-0.2, 0) is 0 Å². The summed E-state index contributed by atoms with van der Waals surface area (Å²) < 4.78 is 0. The third kappa shape index (κ3) is 3.59. The Bertz CT molecular complexity index is 412. The molecule has 1 aromatic rings. The first kappa shape index (κ1) is 13.6. The van der Waals surface area contributed by atoms with E-state index < -0.39 is 0 Å². The van der Waals surface area contributed by atoms with Gasteiger partial charge in [0.2, 0.25) is 0 Å². The molecule has 0 bridgehead atoms. The molecule has 0 atom stereocenters. The molecule has 3 N–H and O–H groups in total. The van der Waals surface area contributed by atoms with Crippen molar-refractivity contribution >= 4 is 17.5 Å². The summed E-state index contributed by atoms with van der Waals surface area (Å²) in [6, 6.07) is 3.79. The Balaban J connectivity index is 2.00. The van der Waals surface area contributed by atoms with Crippen molar-refractivity contribution in [3.63, 3.8) is 0 Å². The summed E-state index contributed by atoms with van der Waals surface area (Å²) in [6.07, 6.45) is 7.43. The zero-order valence-electron chi connectivity index (χ0n) is 11.4. The minimum atomic E-state index is -0.0633. The molecule has 2 rings (SSSR count). The van der Waals surface area contributed by atoms with Gasteiger partial charge in [-0.25, -0.2) is 9.78 Å². The number of carbonyl (C=O) groups is 1. The van der Waals surface area contributed by atoms with Gasteiger partial charge in [0.15, 0.2) is 0 Å². The van der Waals surface area contributed by atoms with Crippen LogP contribution in [0, 0.1) is 0 Å². The quantitative estimate of drug-likeness (QED) is 0.879. The zero-order chi connectivity index (χ0) is 13.7. The normalized spacial score (nSPS) is 16.1. The number of aromatic nitrogens is 1. The number of nitrogen functional groups attached to an aromatic ring is 1. The molecule has 1 fully saturated rings. The highest BCUT2D eigenvalue weighted by molar-refractivity contribution is 5.91. The van der Waals surface area contributed by atoms with Crippen molar-refractivity contribution in [2.24, 2.45) is 0 Å². The largest absolute Gasteiger partial charge is 0.397 e. The van der Waals surface area contributed by atoms with Crippen molar-refractivity contribution in [2.75, 3.05) is 17.2 Å². The number of anilines is 2. The van der Waals surface area contributed by atoms with Gasteiger partial charge in [-0.05, 0) is 31.9 Å². The van der Waals surface area contributed by atoms with E-state index in [4.69, 9.17) is 5.73 Å². The smallest absolute Gasteiger partial charge is 0.323 e. The van der Waals surface area contributed by atoms with Crippen LogP contribution in [0.1, 0.15) is 39.0 Å². The van der Waals surface area contributed by atoms with Crippen LogP contribution in [0.5, 0.6) is 0 Å². The van der Waals surface area contributed by atoms with Crippen LogP contribution in [0.4, 0.5) is 16.3 Å². The fourth-order valence-electron chi connectivity index (χ4n) is 2.47. The van der Waals surface area contributed by atoms with Crippen molar-refractivity contribution < 1.29 is 4.79 Å². The summed E-state index contributed by atoms with van der Waals surface area (Å²) in [5.74, 6) is 0.644. The van der Waals surface area contributed by atoms with E-state index in [1.807, 2.05) is 6.92 Å². The fraction of sp³-hybridized carbons (Fsp3) is 0.571. The maximum Gasteiger partial charge on any atom is 0.323 e. The monoisotopic (exact) mass is 262 g/mol. The van der Waals surface area contributed by atoms with E-state index in [9.17, 15) is 4.79 Å². The average Bonchev–Trinajstić information content (AvgIpc) is 2.43. The molecule has 1 aliphatic carbocycles. The van der Waals surface area contributed by atoms with Gasteiger partial charge in [0.25, 0.3) is 0 Å². The van der Waals surface area contributed by atoms with Crippen molar-refractivity contribution in [3.8, 4) is 0 Å². The molecule has 1 aromatic heterocycles. The van der Waals surface area contributed by atoms with E-state index in [1.165, 1.54) is 19.3 Å². The zero-order valence-corrected chi connectivity index (χ0v) is 11.4. The molecule has 1 saturated carbocycles. The number of nitrogens with zero attached hydrogens (tertiary/aromatic N) is 2. The third-order valence-corrected chi connectivity index (χ3v) is 3.54. The summed E-state index contributed by atoms with van der Waals surface area (Å²) in [5, 5.41) is 3.10. The number of pyridine rings is 1. The molecule has 5 heteroatoms. The second-order valence-corrected chi connectivity index (χ2v) is 4.98. The number of hydrogen-bond donors (Lipinski definition) is 2. The van der Waals surface area contributed by atoms with Crippen molar-refractivity contribution in [2.45, 2.75) is 45.1 Å². The maximum atomic E-state index is 12.3. The molecular weight excluding hydrogens is 240 g/mol. The van der Waals surface area contributed by atoms with E-state index in [2.05, 4.69) is 10.3 Å². The standard InChI is InChI=1S/C14H22N4O/c1-2-18(13-9-8-11(15)10-16-13)14(19)17-12-6-4-3-5-7-12/h8-10,12H,2-7,15H2,1H3,(H,17,19). The summed E-state index contributed by atoms with van der Waals surface area (Å²) in [6.45, 7) is 2.54.